The minimum absolute atomic E-state index is 0.648. The van der Waals surface area contributed by atoms with Crippen LogP contribution in [0.15, 0.2) is 37.6 Å². The fourth-order valence-corrected chi connectivity index (χ4v) is 2.08. The Hall–Kier alpha value is -1.61. The van der Waals surface area contributed by atoms with Gasteiger partial charge in [-0.15, -0.1) is 13.2 Å². The molecule has 1 rings (SSSR count). The monoisotopic (exact) mass is 273 g/mol. The third-order valence-corrected chi connectivity index (χ3v) is 3.01. The first-order valence-corrected chi connectivity index (χ1v) is 7.21. The van der Waals surface area contributed by atoms with Gasteiger partial charge >= 0.3 is 0 Å². The smallest absolute Gasteiger partial charge is 0.0451 e. The lowest BCUT2D eigenvalue weighted by molar-refractivity contribution is 0.551. The lowest BCUT2D eigenvalue weighted by atomic mass is 10.1. The van der Waals surface area contributed by atoms with Gasteiger partial charge in [0.1, 0.15) is 0 Å². The first-order valence-electron chi connectivity index (χ1n) is 7.21. The molecule has 0 spiro atoms. The van der Waals surface area contributed by atoms with Crippen molar-refractivity contribution in [1.82, 2.24) is 10.3 Å². The van der Waals surface area contributed by atoms with E-state index in [9.17, 15) is 0 Å². The number of aromatic nitrogens is 1. The molecule has 0 aromatic carbocycles. The van der Waals surface area contributed by atoms with Crippen LogP contribution in [-0.2, 0) is 6.54 Å². The summed E-state index contributed by atoms with van der Waals surface area (Å²) in [4.78, 5) is 6.69. The largest absolute Gasteiger partial charge is 0.364 e. The van der Waals surface area contributed by atoms with E-state index in [0.29, 0.717) is 5.92 Å². The number of hydrogen-bond acceptors (Lipinski definition) is 3. The summed E-state index contributed by atoms with van der Waals surface area (Å²) < 4.78 is 0. The van der Waals surface area contributed by atoms with Crippen LogP contribution in [0.2, 0.25) is 0 Å². The number of nitrogens with zero attached hydrogens (tertiary/aromatic N) is 2. The van der Waals surface area contributed by atoms with Gasteiger partial charge in [-0.1, -0.05) is 26.0 Å². The highest BCUT2D eigenvalue weighted by atomic mass is 15.1. The van der Waals surface area contributed by atoms with E-state index < -0.39 is 0 Å². The van der Waals surface area contributed by atoms with Gasteiger partial charge in [-0.3, -0.25) is 4.98 Å². The lowest BCUT2D eigenvalue weighted by Crippen LogP contribution is -2.26. The molecule has 1 aromatic rings. The van der Waals surface area contributed by atoms with E-state index in [1.165, 1.54) is 11.3 Å². The highest BCUT2D eigenvalue weighted by Crippen LogP contribution is 2.21. The fraction of sp³-hybridized carbons (Fsp3) is 0.471. The molecule has 1 aromatic heterocycles. The molecule has 1 N–H and O–H groups in total. The molecule has 0 aliphatic heterocycles. The van der Waals surface area contributed by atoms with Crippen molar-refractivity contribution in [2.75, 3.05) is 24.5 Å². The van der Waals surface area contributed by atoms with Crippen LogP contribution in [0.25, 0.3) is 0 Å². The Morgan fingerprint density at radius 2 is 1.95 bits per heavy atom. The Bertz CT molecular complexity index is 428. The zero-order valence-corrected chi connectivity index (χ0v) is 13.0. The highest BCUT2D eigenvalue weighted by molar-refractivity contribution is 5.54. The Morgan fingerprint density at radius 1 is 1.30 bits per heavy atom. The van der Waals surface area contributed by atoms with Gasteiger partial charge in [0.25, 0.3) is 0 Å². The quantitative estimate of drug-likeness (QED) is 0.700. The molecule has 3 heteroatoms. The second kappa shape index (κ2) is 8.54. The molecule has 0 amide bonds. The van der Waals surface area contributed by atoms with Gasteiger partial charge in [0.05, 0.1) is 0 Å². The molecule has 0 unspecified atom stereocenters. The minimum Gasteiger partial charge on any atom is -0.364 e. The Morgan fingerprint density at radius 3 is 2.50 bits per heavy atom. The van der Waals surface area contributed by atoms with Crippen molar-refractivity contribution in [3.8, 4) is 0 Å². The van der Waals surface area contributed by atoms with E-state index >= 15 is 0 Å². The number of rotatable bonds is 9. The molecule has 0 saturated carbocycles. The third-order valence-electron chi connectivity index (χ3n) is 3.01. The molecular weight excluding hydrogens is 246 g/mol. The molecule has 3 nitrogen and oxygen atoms in total. The fourth-order valence-electron chi connectivity index (χ4n) is 2.08. The number of pyridine rings is 1. The summed E-state index contributed by atoms with van der Waals surface area (Å²) in [5, 5.41) is 3.48. The zero-order chi connectivity index (χ0) is 15.0. The molecule has 0 fully saturated rings. The van der Waals surface area contributed by atoms with Crippen LogP contribution >= 0.6 is 0 Å². The van der Waals surface area contributed by atoms with Crippen molar-refractivity contribution in [3.05, 3.63) is 48.8 Å². The molecule has 1 heterocycles. The zero-order valence-electron chi connectivity index (χ0n) is 13.0. The van der Waals surface area contributed by atoms with E-state index in [2.05, 4.69) is 48.3 Å². The van der Waals surface area contributed by atoms with Crippen molar-refractivity contribution < 1.29 is 0 Å². The lowest BCUT2D eigenvalue weighted by Gasteiger charge is -2.25. The first-order chi connectivity index (χ1) is 9.58. The molecule has 0 aliphatic carbocycles. The number of nitrogens with one attached hydrogen (secondary N) is 1. The van der Waals surface area contributed by atoms with Crippen molar-refractivity contribution in [2.45, 2.75) is 27.3 Å². The van der Waals surface area contributed by atoms with Gasteiger partial charge in [-0.25, -0.2) is 0 Å². The van der Waals surface area contributed by atoms with Gasteiger partial charge in [-0.2, -0.15) is 0 Å². The summed E-state index contributed by atoms with van der Waals surface area (Å²) in [6.45, 7) is 17.6. The predicted octanol–water partition coefficient (Wildman–Crippen LogP) is 3.31. The van der Waals surface area contributed by atoms with E-state index in [4.69, 9.17) is 0 Å². The van der Waals surface area contributed by atoms with E-state index in [-0.39, 0.29) is 0 Å². The summed E-state index contributed by atoms with van der Waals surface area (Å²) in [7, 11) is 0. The maximum absolute atomic E-state index is 4.42. The van der Waals surface area contributed by atoms with Crippen LogP contribution in [0.4, 0.5) is 5.69 Å². The normalized spacial score (nSPS) is 10.6. The molecular formula is C17H27N3. The summed E-state index contributed by atoms with van der Waals surface area (Å²) in [6, 6.07) is 2.14. The number of aryl methyl sites for hydroxylation is 1. The van der Waals surface area contributed by atoms with Gasteiger partial charge in [0, 0.05) is 42.8 Å². The predicted molar refractivity (Wildman–Crippen MR) is 88.1 cm³/mol. The van der Waals surface area contributed by atoms with Crippen molar-refractivity contribution in [1.29, 1.82) is 0 Å². The van der Waals surface area contributed by atoms with Crippen molar-refractivity contribution in [2.24, 2.45) is 5.92 Å². The Labute approximate surface area is 123 Å². The average molecular weight is 273 g/mol. The number of anilines is 1. The minimum atomic E-state index is 0.648. The van der Waals surface area contributed by atoms with Crippen molar-refractivity contribution in [3.63, 3.8) is 0 Å². The molecule has 0 saturated heterocycles. The molecule has 0 bridgehead atoms. The summed E-state index contributed by atoms with van der Waals surface area (Å²) in [5.41, 5.74) is 3.47. The van der Waals surface area contributed by atoms with Crippen LogP contribution in [-0.4, -0.2) is 24.6 Å². The standard InChI is InChI=1S/C17H27N3/c1-6-8-20(9-7-2)17-10-15(5)19-13-16(17)12-18-11-14(3)4/h6-7,10,13-14,18H,1-2,8-9,11-12H2,3-5H3. The highest BCUT2D eigenvalue weighted by Gasteiger charge is 2.10. The molecule has 0 radical (unpaired) electrons. The van der Waals surface area contributed by atoms with E-state index in [1.54, 1.807) is 0 Å². The van der Waals surface area contributed by atoms with E-state index in [1.807, 2.05) is 25.3 Å². The van der Waals surface area contributed by atoms with Gasteiger partial charge < -0.3 is 10.2 Å². The summed E-state index contributed by atoms with van der Waals surface area (Å²) in [6.07, 6.45) is 5.81. The van der Waals surface area contributed by atoms with Gasteiger partial charge in [-0.05, 0) is 25.5 Å². The van der Waals surface area contributed by atoms with Gasteiger partial charge in [0.2, 0.25) is 0 Å². The van der Waals surface area contributed by atoms with Crippen LogP contribution in [0, 0.1) is 12.8 Å². The van der Waals surface area contributed by atoms with Gasteiger partial charge in [0.15, 0.2) is 0 Å². The second-order valence-electron chi connectivity index (χ2n) is 5.46. The van der Waals surface area contributed by atoms with E-state index in [0.717, 1.165) is 31.9 Å². The van der Waals surface area contributed by atoms with Crippen LogP contribution in [0.3, 0.4) is 0 Å². The first kappa shape index (κ1) is 16.4. The Balaban J connectivity index is 2.92. The second-order valence-corrected chi connectivity index (χ2v) is 5.46. The maximum atomic E-state index is 4.42. The van der Waals surface area contributed by atoms with Crippen LogP contribution in [0.5, 0.6) is 0 Å². The van der Waals surface area contributed by atoms with Crippen molar-refractivity contribution >= 4 is 5.69 Å². The topological polar surface area (TPSA) is 28.2 Å². The Kier molecular flexibility index (Phi) is 7.02. The molecule has 0 aliphatic rings. The molecule has 20 heavy (non-hydrogen) atoms. The summed E-state index contributed by atoms with van der Waals surface area (Å²) in [5.74, 6) is 0.648. The van der Waals surface area contributed by atoms with Crippen LogP contribution < -0.4 is 10.2 Å². The SMILES string of the molecule is C=CCN(CC=C)c1cc(C)ncc1CNCC(C)C. The summed E-state index contributed by atoms with van der Waals surface area (Å²) >= 11 is 0. The maximum Gasteiger partial charge on any atom is 0.0451 e. The molecule has 110 valence electrons. The molecule has 0 atom stereocenters. The third kappa shape index (κ3) is 5.17. The van der Waals surface area contributed by atoms with Crippen LogP contribution in [0.1, 0.15) is 25.1 Å². The number of hydrogen-bond donors (Lipinski definition) is 1. The average Bonchev–Trinajstić information content (AvgIpc) is 2.40.